The van der Waals surface area contributed by atoms with Crippen molar-refractivity contribution in [1.82, 2.24) is 0 Å². The normalized spacial score (nSPS) is 13.4. The molecule has 2 N–H and O–H groups in total. The molecule has 2 rings (SSSR count). The molecule has 74 heavy (non-hydrogen) atoms. The lowest BCUT2D eigenvalue weighted by Crippen LogP contribution is -2.27. The van der Waals surface area contributed by atoms with Crippen molar-refractivity contribution in [2.75, 3.05) is 0 Å². The molecule has 0 fully saturated rings. The average molecular weight is 1030 g/mol. The Labute approximate surface area is 458 Å². The van der Waals surface area contributed by atoms with E-state index in [-0.39, 0.29) is 27.6 Å². The van der Waals surface area contributed by atoms with E-state index in [1.165, 1.54) is 173 Å². The van der Waals surface area contributed by atoms with E-state index in [0.29, 0.717) is 30.8 Å². The quantitative estimate of drug-likeness (QED) is 0.0395. The SMILES string of the molecule is CCCCCCCCCCCCCCCCCCC(Cc1cc(C(C)(C)C)c(OC(=O)C(CCCCCCCCCCCCCCCCCC)c2cc(C(C)(C)C)c(O)c(C(C)(C)C)c2)c(C(C)(C)C)c1)C(=O)O. The molecule has 2 unspecified atom stereocenters. The minimum Gasteiger partial charge on any atom is -0.507 e. The van der Waals surface area contributed by atoms with Gasteiger partial charge < -0.3 is 14.9 Å². The van der Waals surface area contributed by atoms with Crippen LogP contribution in [0.25, 0.3) is 0 Å². The zero-order chi connectivity index (χ0) is 55.2. The van der Waals surface area contributed by atoms with E-state index in [4.69, 9.17) is 4.74 Å². The van der Waals surface area contributed by atoms with Gasteiger partial charge in [0.1, 0.15) is 11.5 Å². The zero-order valence-corrected chi connectivity index (χ0v) is 51.3. The summed E-state index contributed by atoms with van der Waals surface area (Å²) < 4.78 is 6.86. The first-order valence-corrected chi connectivity index (χ1v) is 31.4. The van der Waals surface area contributed by atoms with Crippen LogP contribution in [0, 0.1) is 5.92 Å². The predicted molar refractivity (Wildman–Crippen MR) is 321 cm³/mol. The van der Waals surface area contributed by atoms with Crippen molar-refractivity contribution in [2.24, 2.45) is 5.92 Å². The number of carbonyl (C=O) groups is 2. The van der Waals surface area contributed by atoms with Crippen LogP contribution in [0.4, 0.5) is 0 Å². The number of esters is 1. The number of aromatic hydroxyl groups is 1. The molecule has 0 spiro atoms. The van der Waals surface area contributed by atoms with Gasteiger partial charge in [0.05, 0.1) is 11.8 Å². The third kappa shape index (κ3) is 27.0. The topological polar surface area (TPSA) is 83.8 Å². The van der Waals surface area contributed by atoms with Crippen molar-refractivity contribution in [3.05, 3.63) is 57.6 Å². The molecular formula is C69H120O5. The maximum absolute atomic E-state index is 15.2. The Morgan fingerprint density at radius 1 is 0.419 bits per heavy atom. The lowest BCUT2D eigenvalue weighted by molar-refractivity contribution is -0.142. The third-order valence-electron chi connectivity index (χ3n) is 16.0. The summed E-state index contributed by atoms with van der Waals surface area (Å²) >= 11 is 0. The van der Waals surface area contributed by atoms with Gasteiger partial charge in [-0.3, -0.25) is 9.59 Å². The second kappa shape index (κ2) is 35.6. The van der Waals surface area contributed by atoms with Crippen LogP contribution < -0.4 is 4.74 Å². The summed E-state index contributed by atoms with van der Waals surface area (Å²) in [6.07, 6.45) is 43.3. The van der Waals surface area contributed by atoms with Crippen molar-refractivity contribution in [2.45, 2.75) is 349 Å². The van der Waals surface area contributed by atoms with Crippen LogP contribution in [0.2, 0.25) is 0 Å². The number of ether oxygens (including phenoxy) is 1. The minimum absolute atomic E-state index is 0.257. The van der Waals surface area contributed by atoms with Gasteiger partial charge in [-0.05, 0) is 63.2 Å². The number of carboxylic acid groups (broad SMARTS) is 1. The van der Waals surface area contributed by atoms with Gasteiger partial charge >= 0.3 is 11.9 Å². The van der Waals surface area contributed by atoms with Crippen LogP contribution in [-0.4, -0.2) is 22.2 Å². The van der Waals surface area contributed by atoms with Gasteiger partial charge in [-0.1, -0.05) is 327 Å². The molecule has 2 aromatic rings. The van der Waals surface area contributed by atoms with Crippen molar-refractivity contribution >= 4 is 11.9 Å². The zero-order valence-electron chi connectivity index (χ0n) is 51.3. The molecule has 0 aromatic heterocycles. The number of phenolic OH excluding ortho intramolecular Hbond substituents is 1. The number of unbranched alkanes of at least 4 members (excludes halogenated alkanes) is 30. The van der Waals surface area contributed by atoms with E-state index in [0.717, 1.165) is 65.5 Å². The van der Waals surface area contributed by atoms with E-state index in [9.17, 15) is 15.0 Å². The Bertz CT molecular complexity index is 1760. The third-order valence-corrected chi connectivity index (χ3v) is 16.0. The molecular weight excluding hydrogens is 909 g/mol. The highest BCUT2D eigenvalue weighted by atomic mass is 16.5. The van der Waals surface area contributed by atoms with Crippen molar-refractivity contribution in [3.8, 4) is 11.5 Å². The maximum atomic E-state index is 15.2. The highest BCUT2D eigenvalue weighted by Gasteiger charge is 2.35. The van der Waals surface area contributed by atoms with Crippen molar-refractivity contribution in [3.63, 3.8) is 0 Å². The van der Waals surface area contributed by atoms with Gasteiger partial charge in [-0.2, -0.15) is 0 Å². The molecule has 0 aliphatic rings. The molecule has 5 nitrogen and oxygen atoms in total. The summed E-state index contributed by atoms with van der Waals surface area (Å²) in [7, 11) is 0. The molecule has 0 radical (unpaired) electrons. The van der Waals surface area contributed by atoms with E-state index < -0.39 is 17.8 Å². The van der Waals surface area contributed by atoms with Gasteiger partial charge in [0.15, 0.2) is 0 Å². The molecule has 2 aromatic carbocycles. The standard InChI is InChI=1S/C69H120O5/c1-15-17-19-21-23-25-27-29-31-33-35-37-39-41-43-45-47-55(64(71)72)49-54-50-60(68(9,10)11)63(61(51-54)69(12,13)14)74-65(73)57(56-52-58(66(3,4)5)62(70)59(53-56)67(6,7)8)48-46-44-42-40-38-36-34-32-30-28-26-24-22-20-18-16-2/h50-53,55,57,70H,15-49H2,1-14H3,(H,71,72). The molecule has 0 heterocycles. The molecule has 0 amide bonds. The predicted octanol–water partition coefficient (Wildman–Crippen LogP) is 21.8. The minimum atomic E-state index is -0.730. The smallest absolute Gasteiger partial charge is 0.318 e. The van der Waals surface area contributed by atoms with Gasteiger partial charge in [0.2, 0.25) is 0 Å². The summed E-state index contributed by atoms with van der Waals surface area (Å²) in [6, 6.07) is 8.43. The molecule has 0 bridgehead atoms. The average Bonchev–Trinajstić information content (AvgIpc) is 3.31. The Hall–Kier alpha value is -2.82. The van der Waals surface area contributed by atoms with Gasteiger partial charge in [0.25, 0.3) is 0 Å². The Kier molecular flexibility index (Phi) is 32.3. The summed E-state index contributed by atoms with van der Waals surface area (Å²) in [5.74, 6) is -1.04. The molecule has 0 aliphatic heterocycles. The number of carbonyl (C=O) groups excluding carboxylic acids is 1. The highest BCUT2D eigenvalue weighted by Crippen LogP contribution is 2.45. The van der Waals surface area contributed by atoms with Crippen LogP contribution in [0.1, 0.15) is 355 Å². The first-order chi connectivity index (χ1) is 34.9. The van der Waals surface area contributed by atoms with Crippen LogP contribution in [0.5, 0.6) is 11.5 Å². The fraction of sp³-hybridized carbons (Fsp3) is 0.797. The molecule has 0 saturated heterocycles. The summed E-state index contributed by atoms with van der Waals surface area (Å²) in [5.41, 5.74) is 4.08. The fourth-order valence-electron chi connectivity index (χ4n) is 11.1. The van der Waals surface area contributed by atoms with Crippen LogP contribution in [-0.2, 0) is 37.7 Å². The van der Waals surface area contributed by atoms with E-state index in [1.54, 1.807) is 0 Å². The van der Waals surface area contributed by atoms with Crippen LogP contribution in [0.15, 0.2) is 24.3 Å². The second-order valence-electron chi connectivity index (χ2n) is 27.4. The Morgan fingerprint density at radius 2 is 0.703 bits per heavy atom. The summed E-state index contributed by atoms with van der Waals surface area (Å²) in [5, 5.41) is 22.3. The number of hydrogen-bond acceptors (Lipinski definition) is 4. The maximum Gasteiger partial charge on any atom is 0.318 e. The summed E-state index contributed by atoms with van der Waals surface area (Å²) in [6.45, 7) is 30.3. The Morgan fingerprint density at radius 3 is 0.986 bits per heavy atom. The molecule has 0 saturated carbocycles. The first-order valence-electron chi connectivity index (χ1n) is 31.4. The number of aliphatic carboxylic acids is 1. The van der Waals surface area contributed by atoms with E-state index in [2.05, 4.69) is 121 Å². The van der Waals surface area contributed by atoms with Crippen LogP contribution >= 0.6 is 0 Å². The molecule has 0 aliphatic carbocycles. The lowest BCUT2D eigenvalue weighted by Gasteiger charge is -2.32. The molecule has 426 valence electrons. The van der Waals surface area contributed by atoms with Gasteiger partial charge in [-0.25, -0.2) is 0 Å². The number of phenols is 1. The molecule has 5 heteroatoms. The molecule has 2 atom stereocenters. The van der Waals surface area contributed by atoms with Gasteiger partial charge in [0, 0.05) is 11.1 Å². The Balaban J connectivity index is 2.24. The van der Waals surface area contributed by atoms with E-state index in [1.807, 2.05) is 0 Å². The number of benzene rings is 2. The highest BCUT2D eigenvalue weighted by molar-refractivity contribution is 5.82. The monoisotopic (exact) mass is 1030 g/mol. The van der Waals surface area contributed by atoms with Crippen molar-refractivity contribution in [1.29, 1.82) is 0 Å². The second-order valence-corrected chi connectivity index (χ2v) is 27.4. The first kappa shape index (κ1) is 67.3. The lowest BCUT2D eigenvalue weighted by atomic mass is 9.76. The number of rotatable bonds is 40. The largest absolute Gasteiger partial charge is 0.507 e. The van der Waals surface area contributed by atoms with Gasteiger partial charge in [-0.15, -0.1) is 0 Å². The van der Waals surface area contributed by atoms with Crippen LogP contribution in [0.3, 0.4) is 0 Å². The fourth-order valence-corrected chi connectivity index (χ4v) is 11.1. The summed E-state index contributed by atoms with van der Waals surface area (Å²) in [4.78, 5) is 28.0. The number of carboxylic acids is 1. The van der Waals surface area contributed by atoms with E-state index >= 15 is 4.79 Å². The number of hydrogen-bond donors (Lipinski definition) is 2. The van der Waals surface area contributed by atoms with Crippen molar-refractivity contribution < 1.29 is 24.5 Å².